The van der Waals surface area contributed by atoms with E-state index in [4.69, 9.17) is 4.78 Å². The van der Waals surface area contributed by atoms with E-state index >= 15 is 0 Å². The third-order valence-corrected chi connectivity index (χ3v) is 6.15. The van der Waals surface area contributed by atoms with Crippen molar-refractivity contribution in [3.63, 3.8) is 0 Å². The third-order valence-electron chi connectivity index (χ3n) is 4.85. The number of nitrogens with zero attached hydrogens (tertiary/aromatic N) is 1. The van der Waals surface area contributed by atoms with E-state index in [1.54, 1.807) is 17.8 Å². The Morgan fingerprint density at radius 2 is 2.15 bits per heavy atom. The van der Waals surface area contributed by atoms with Crippen LogP contribution in [0.25, 0.3) is 6.08 Å². The molecule has 1 aromatic heterocycles. The molecule has 142 valence electrons. The topological polar surface area (TPSA) is 69.9 Å². The van der Waals surface area contributed by atoms with Crippen molar-refractivity contribution in [3.05, 3.63) is 53.4 Å². The van der Waals surface area contributed by atoms with E-state index in [1.807, 2.05) is 12.2 Å². The zero-order valence-corrected chi connectivity index (χ0v) is 15.6. The van der Waals surface area contributed by atoms with Crippen LogP contribution in [0.3, 0.4) is 0 Å². The maximum absolute atomic E-state index is 13.4. The van der Waals surface area contributed by atoms with E-state index in [-0.39, 0.29) is 11.7 Å². The molecule has 1 saturated carbocycles. The zero-order valence-electron chi connectivity index (χ0n) is 14.8. The van der Waals surface area contributed by atoms with Gasteiger partial charge >= 0.3 is 0 Å². The standard InChI is InChI=1S/C19H20F2N4OS/c1-25-10-17-14(6-4-13(24-27(17)22)8-11-2-3-11)18(25)19(26)23-12-5-7-15(20)16(21)9-12/h4-7,9-11,13H,2-3,8H2,1H3,(H2,22,24)(H,23,26). The number of carbonyl (C=O) groups excluding carboxylic acids is 1. The number of benzene rings is 1. The van der Waals surface area contributed by atoms with Crippen LogP contribution in [0.2, 0.25) is 0 Å². The summed E-state index contributed by atoms with van der Waals surface area (Å²) in [6.07, 6.45) is 9.19. The highest BCUT2D eigenvalue weighted by Crippen LogP contribution is 2.35. The molecule has 1 fully saturated rings. The lowest BCUT2D eigenvalue weighted by Crippen LogP contribution is -2.28. The molecule has 8 heteroatoms. The first-order valence-corrected chi connectivity index (χ1v) is 10.0. The van der Waals surface area contributed by atoms with Gasteiger partial charge in [0.05, 0.1) is 4.90 Å². The fraction of sp³-hybridized carbons (Fsp3) is 0.316. The molecular formula is C19H20F2N4OS. The van der Waals surface area contributed by atoms with Crippen LogP contribution < -0.4 is 10.0 Å². The molecule has 4 rings (SSSR count). The Kier molecular flexibility index (Phi) is 4.69. The molecule has 1 aliphatic heterocycles. The molecule has 2 aliphatic rings. The van der Waals surface area contributed by atoms with Crippen molar-refractivity contribution in [3.8, 4) is 0 Å². The largest absolute Gasteiger partial charge is 0.345 e. The van der Waals surface area contributed by atoms with Gasteiger partial charge in [-0.15, -0.1) is 0 Å². The first kappa shape index (κ1) is 18.1. The summed E-state index contributed by atoms with van der Waals surface area (Å²) < 4.78 is 39.9. The highest BCUT2D eigenvalue weighted by molar-refractivity contribution is 7.84. The van der Waals surface area contributed by atoms with Crippen LogP contribution in [0.15, 0.2) is 35.4 Å². The van der Waals surface area contributed by atoms with Crippen LogP contribution in [-0.2, 0) is 17.9 Å². The molecule has 5 nitrogen and oxygen atoms in total. The monoisotopic (exact) mass is 390 g/mol. The maximum atomic E-state index is 13.4. The van der Waals surface area contributed by atoms with E-state index in [2.05, 4.69) is 10.0 Å². The van der Waals surface area contributed by atoms with E-state index in [9.17, 15) is 13.6 Å². The highest BCUT2D eigenvalue weighted by atomic mass is 32.2. The first-order chi connectivity index (χ1) is 12.9. The molecule has 2 atom stereocenters. The van der Waals surface area contributed by atoms with Gasteiger partial charge < -0.3 is 9.88 Å². The number of hydrogen-bond acceptors (Lipinski definition) is 2. The number of carbonyl (C=O) groups is 1. The minimum atomic E-state index is -1.02. The Bertz CT molecular complexity index is 965. The summed E-state index contributed by atoms with van der Waals surface area (Å²) in [6, 6.07) is 3.37. The van der Waals surface area contributed by atoms with Crippen LogP contribution in [0.1, 0.15) is 35.3 Å². The molecule has 0 saturated heterocycles. The van der Waals surface area contributed by atoms with E-state index < -0.39 is 28.4 Å². The minimum Gasteiger partial charge on any atom is -0.345 e. The lowest BCUT2D eigenvalue weighted by Gasteiger charge is -2.13. The number of rotatable bonds is 4. The van der Waals surface area contributed by atoms with Crippen molar-refractivity contribution in [1.82, 2.24) is 9.29 Å². The number of amides is 1. The predicted molar refractivity (Wildman–Crippen MR) is 101 cm³/mol. The number of hydrogen-bond donors (Lipinski definition) is 3. The van der Waals surface area contributed by atoms with Crippen LogP contribution >= 0.6 is 0 Å². The van der Waals surface area contributed by atoms with Gasteiger partial charge in [0.1, 0.15) is 5.69 Å². The number of anilines is 1. The quantitative estimate of drug-likeness (QED) is 0.739. The van der Waals surface area contributed by atoms with Crippen LogP contribution in [-0.4, -0.2) is 16.5 Å². The van der Waals surface area contributed by atoms with Gasteiger partial charge in [0.25, 0.3) is 5.91 Å². The lowest BCUT2D eigenvalue weighted by atomic mass is 10.1. The summed E-state index contributed by atoms with van der Waals surface area (Å²) in [5.74, 6) is -1.68. The maximum Gasteiger partial charge on any atom is 0.272 e. The van der Waals surface area contributed by atoms with Gasteiger partial charge in [0, 0.05) is 36.6 Å². The Labute approximate surface area is 158 Å². The van der Waals surface area contributed by atoms with Crippen molar-refractivity contribution in [2.24, 2.45) is 13.0 Å². The molecule has 2 aromatic rings. The summed E-state index contributed by atoms with van der Waals surface area (Å²) in [7, 11) is 0.804. The van der Waals surface area contributed by atoms with Crippen molar-refractivity contribution >= 4 is 28.5 Å². The fourth-order valence-electron chi connectivity index (χ4n) is 3.29. The second-order valence-corrected chi connectivity index (χ2v) is 8.31. The Morgan fingerprint density at radius 3 is 2.85 bits per heavy atom. The Morgan fingerprint density at radius 1 is 1.37 bits per heavy atom. The molecule has 1 aliphatic carbocycles. The number of aromatic nitrogens is 1. The third kappa shape index (κ3) is 3.72. The van der Waals surface area contributed by atoms with Gasteiger partial charge in [-0.1, -0.05) is 25.0 Å². The van der Waals surface area contributed by atoms with Crippen molar-refractivity contribution in [2.45, 2.75) is 30.2 Å². The second-order valence-electron chi connectivity index (χ2n) is 7.02. The van der Waals surface area contributed by atoms with Gasteiger partial charge in [0.15, 0.2) is 11.6 Å². The average molecular weight is 390 g/mol. The molecule has 0 radical (unpaired) electrons. The van der Waals surface area contributed by atoms with Gasteiger partial charge in [-0.2, -0.15) is 0 Å². The number of nitrogens with one attached hydrogen (secondary N) is 3. The SMILES string of the molecule is Cn1cc2c(c1C(=O)Nc1ccc(F)c(F)c1)C=CC(CC1CC1)NS2=N. The molecule has 2 heterocycles. The molecule has 0 bridgehead atoms. The zero-order chi connectivity index (χ0) is 19.1. The van der Waals surface area contributed by atoms with Gasteiger partial charge in [-0.3, -0.25) is 9.57 Å². The van der Waals surface area contributed by atoms with Crippen LogP contribution in [0.5, 0.6) is 0 Å². The molecule has 0 spiro atoms. The molecule has 2 unspecified atom stereocenters. The van der Waals surface area contributed by atoms with E-state index in [1.165, 1.54) is 18.9 Å². The van der Waals surface area contributed by atoms with E-state index in [0.717, 1.165) is 29.4 Å². The second kappa shape index (κ2) is 7.01. The van der Waals surface area contributed by atoms with Crippen molar-refractivity contribution in [2.75, 3.05) is 5.32 Å². The highest BCUT2D eigenvalue weighted by Gasteiger charge is 2.28. The Hall–Kier alpha value is -2.32. The van der Waals surface area contributed by atoms with Gasteiger partial charge in [-0.25, -0.2) is 13.5 Å². The number of aryl methyl sites for hydroxylation is 1. The molecular weight excluding hydrogens is 370 g/mol. The fourth-order valence-corrected chi connectivity index (χ4v) is 4.55. The first-order valence-electron chi connectivity index (χ1n) is 8.78. The van der Waals surface area contributed by atoms with Crippen LogP contribution in [0.4, 0.5) is 14.5 Å². The smallest absolute Gasteiger partial charge is 0.272 e. The Balaban J connectivity index is 1.62. The van der Waals surface area contributed by atoms with Crippen LogP contribution in [0, 0.1) is 22.3 Å². The van der Waals surface area contributed by atoms with Gasteiger partial charge in [0.2, 0.25) is 0 Å². The summed E-state index contributed by atoms with van der Waals surface area (Å²) in [4.78, 5) is 13.5. The summed E-state index contributed by atoms with van der Waals surface area (Å²) >= 11 is 0. The minimum absolute atomic E-state index is 0.123. The predicted octanol–water partition coefficient (Wildman–Crippen LogP) is 4.00. The summed E-state index contributed by atoms with van der Waals surface area (Å²) in [5.41, 5.74) is 1.27. The van der Waals surface area contributed by atoms with Crippen molar-refractivity contribution in [1.29, 1.82) is 4.78 Å². The summed E-state index contributed by atoms with van der Waals surface area (Å²) in [6.45, 7) is 0. The summed E-state index contributed by atoms with van der Waals surface area (Å²) in [5, 5.41) is 2.61. The molecule has 1 aromatic carbocycles. The molecule has 27 heavy (non-hydrogen) atoms. The number of fused-ring (bicyclic) bond motifs is 1. The normalized spacial score (nSPS) is 21.6. The van der Waals surface area contributed by atoms with E-state index in [0.29, 0.717) is 11.3 Å². The average Bonchev–Trinajstić information content (AvgIpc) is 3.38. The molecule has 3 N–H and O–H groups in total. The molecule has 1 amide bonds. The van der Waals surface area contributed by atoms with Gasteiger partial charge in [-0.05, 0) is 35.3 Å². The lowest BCUT2D eigenvalue weighted by molar-refractivity contribution is 0.101. The van der Waals surface area contributed by atoms with Crippen molar-refractivity contribution < 1.29 is 13.6 Å². The number of halogens is 2.